The number of nitrogens with one attached hydrogen (secondary N) is 3. The first-order chi connectivity index (χ1) is 16.1. The lowest BCUT2D eigenvalue weighted by atomic mass is 10.0. The molecule has 2 aromatic rings. The third-order valence-corrected chi connectivity index (χ3v) is 5.69. The largest absolute Gasteiger partial charge is 0.497 e. The molecule has 1 aliphatic rings. The number of amides is 1. The molecule has 0 saturated heterocycles. The summed E-state index contributed by atoms with van der Waals surface area (Å²) in [6, 6.07) is 7.10. The first-order valence-corrected chi connectivity index (χ1v) is 10.7. The van der Waals surface area contributed by atoms with Gasteiger partial charge < -0.3 is 15.0 Å². The number of carbonyl (C=O) groups excluding carboxylic acids is 1. The molecule has 0 saturated carbocycles. The van der Waals surface area contributed by atoms with Gasteiger partial charge >= 0.3 is 6.18 Å². The van der Waals surface area contributed by atoms with Gasteiger partial charge in [0, 0.05) is 18.2 Å². The van der Waals surface area contributed by atoms with Crippen molar-refractivity contribution in [3.05, 3.63) is 52.7 Å². The van der Waals surface area contributed by atoms with Gasteiger partial charge in [-0.3, -0.25) is 20.5 Å². The SMILES string of the molecule is CCC(CC(F)(F)F)N(C=N)C(=N)c1cccc(N2Cc3c(CNC)cc(OC)cc3C2=O)n1. The molecular formula is C23H27F3N6O2. The fourth-order valence-corrected chi connectivity index (χ4v) is 4.00. The molecule has 1 amide bonds. The molecule has 182 valence electrons. The van der Waals surface area contributed by atoms with Crippen molar-refractivity contribution in [2.45, 2.75) is 45.1 Å². The second-order valence-corrected chi connectivity index (χ2v) is 7.88. The van der Waals surface area contributed by atoms with E-state index in [0.717, 1.165) is 16.0 Å². The van der Waals surface area contributed by atoms with Crippen LogP contribution in [0.1, 0.15) is 46.9 Å². The molecule has 1 aliphatic heterocycles. The molecule has 1 atom stereocenters. The molecule has 0 radical (unpaired) electrons. The Labute approximate surface area is 195 Å². The fraction of sp³-hybridized carbons (Fsp3) is 0.391. The van der Waals surface area contributed by atoms with Crippen molar-refractivity contribution in [3.63, 3.8) is 0 Å². The second kappa shape index (κ2) is 10.2. The van der Waals surface area contributed by atoms with Crippen molar-refractivity contribution in [1.82, 2.24) is 15.2 Å². The van der Waals surface area contributed by atoms with Crippen molar-refractivity contribution in [3.8, 4) is 5.75 Å². The third kappa shape index (κ3) is 5.19. The van der Waals surface area contributed by atoms with Crippen LogP contribution < -0.4 is 15.0 Å². The highest BCUT2D eigenvalue weighted by Crippen LogP contribution is 2.33. The van der Waals surface area contributed by atoms with Gasteiger partial charge in [-0.2, -0.15) is 13.2 Å². The van der Waals surface area contributed by atoms with E-state index in [9.17, 15) is 18.0 Å². The van der Waals surface area contributed by atoms with Crippen LogP contribution in [-0.4, -0.2) is 54.3 Å². The Balaban J connectivity index is 1.91. The number of methoxy groups -OCH3 is 1. The minimum Gasteiger partial charge on any atom is -0.497 e. The van der Waals surface area contributed by atoms with Gasteiger partial charge in [0.15, 0.2) is 5.84 Å². The molecule has 11 heteroatoms. The highest BCUT2D eigenvalue weighted by atomic mass is 19.4. The summed E-state index contributed by atoms with van der Waals surface area (Å²) in [5.41, 5.74) is 2.30. The Kier molecular flexibility index (Phi) is 7.55. The van der Waals surface area contributed by atoms with E-state index in [1.54, 1.807) is 32.2 Å². The Bertz CT molecular complexity index is 1090. The van der Waals surface area contributed by atoms with Gasteiger partial charge in [0.1, 0.15) is 17.3 Å². The number of anilines is 1. The highest BCUT2D eigenvalue weighted by molar-refractivity contribution is 6.10. The molecule has 34 heavy (non-hydrogen) atoms. The average molecular weight is 477 g/mol. The summed E-state index contributed by atoms with van der Waals surface area (Å²) in [7, 11) is 3.32. The zero-order chi connectivity index (χ0) is 25.0. The number of fused-ring (bicyclic) bond motifs is 1. The van der Waals surface area contributed by atoms with E-state index in [0.29, 0.717) is 24.2 Å². The van der Waals surface area contributed by atoms with Crippen molar-refractivity contribution in [2.24, 2.45) is 0 Å². The summed E-state index contributed by atoms with van der Waals surface area (Å²) in [5, 5.41) is 19.1. The lowest BCUT2D eigenvalue weighted by molar-refractivity contribution is -0.142. The van der Waals surface area contributed by atoms with Crippen molar-refractivity contribution < 1.29 is 22.7 Å². The maximum absolute atomic E-state index is 13.2. The van der Waals surface area contributed by atoms with E-state index in [-0.39, 0.29) is 36.2 Å². The Morgan fingerprint density at radius 3 is 2.71 bits per heavy atom. The molecule has 8 nitrogen and oxygen atoms in total. The van der Waals surface area contributed by atoms with Crippen LogP contribution in [0.3, 0.4) is 0 Å². The van der Waals surface area contributed by atoms with Crippen molar-refractivity contribution >= 4 is 23.9 Å². The summed E-state index contributed by atoms with van der Waals surface area (Å²) >= 11 is 0. The highest BCUT2D eigenvalue weighted by Gasteiger charge is 2.35. The van der Waals surface area contributed by atoms with Gasteiger partial charge in [0.05, 0.1) is 26.4 Å². The average Bonchev–Trinajstić information content (AvgIpc) is 3.14. The van der Waals surface area contributed by atoms with Crippen LogP contribution in [0.4, 0.5) is 19.0 Å². The summed E-state index contributed by atoms with van der Waals surface area (Å²) in [6.07, 6.45) is -4.79. The molecular weight excluding hydrogens is 449 g/mol. The first kappa shape index (κ1) is 25.2. The second-order valence-electron chi connectivity index (χ2n) is 7.88. The molecule has 0 bridgehead atoms. The molecule has 1 unspecified atom stereocenters. The molecule has 0 spiro atoms. The molecule has 0 aliphatic carbocycles. The number of benzene rings is 1. The normalized spacial score (nSPS) is 14.1. The smallest absolute Gasteiger partial charge is 0.391 e. The summed E-state index contributed by atoms with van der Waals surface area (Å²) in [6.45, 7) is 2.37. The number of aromatic nitrogens is 1. The van der Waals surface area contributed by atoms with Crippen LogP contribution >= 0.6 is 0 Å². The van der Waals surface area contributed by atoms with Crippen LogP contribution in [-0.2, 0) is 13.1 Å². The van der Waals surface area contributed by atoms with Crippen LogP contribution in [0.15, 0.2) is 30.3 Å². The Morgan fingerprint density at radius 1 is 1.38 bits per heavy atom. The number of nitrogens with zero attached hydrogens (tertiary/aromatic N) is 3. The number of ether oxygens (including phenoxy) is 1. The van der Waals surface area contributed by atoms with Crippen molar-refractivity contribution in [2.75, 3.05) is 19.1 Å². The summed E-state index contributed by atoms with van der Waals surface area (Å²) in [4.78, 5) is 20.0. The van der Waals surface area contributed by atoms with Crippen molar-refractivity contribution in [1.29, 1.82) is 10.8 Å². The third-order valence-electron chi connectivity index (χ3n) is 5.69. The summed E-state index contributed by atoms with van der Waals surface area (Å²) < 4.78 is 44.3. The van der Waals surface area contributed by atoms with E-state index < -0.39 is 18.6 Å². The van der Waals surface area contributed by atoms with E-state index in [1.165, 1.54) is 18.1 Å². The fourth-order valence-electron chi connectivity index (χ4n) is 4.00. The van der Waals surface area contributed by atoms with Crippen LogP contribution in [0.2, 0.25) is 0 Å². The number of alkyl halides is 3. The number of amidine groups is 1. The van der Waals surface area contributed by atoms with Gasteiger partial charge in [-0.1, -0.05) is 13.0 Å². The predicted molar refractivity (Wildman–Crippen MR) is 123 cm³/mol. The number of halogens is 3. The zero-order valence-electron chi connectivity index (χ0n) is 19.2. The molecule has 1 aromatic heterocycles. The molecule has 3 N–H and O–H groups in total. The Hall–Kier alpha value is -3.47. The van der Waals surface area contributed by atoms with Gasteiger partial charge in [-0.25, -0.2) is 4.98 Å². The number of hydrogen-bond donors (Lipinski definition) is 3. The van der Waals surface area contributed by atoms with E-state index in [1.807, 2.05) is 6.07 Å². The van der Waals surface area contributed by atoms with Gasteiger partial charge in [0.25, 0.3) is 5.91 Å². The first-order valence-electron chi connectivity index (χ1n) is 10.7. The monoisotopic (exact) mass is 476 g/mol. The van der Waals surface area contributed by atoms with Crippen LogP contribution in [0.5, 0.6) is 5.75 Å². The van der Waals surface area contributed by atoms with E-state index in [4.69, 9.17) is 15.6 Å². The minimum absolute atomic E-state index is 0.0680. The van der Waals surface area contributed by atoms with Crippen LogP contribution in [0.25, 0.3) is 0 Å². The molecule has 1 aromatic carbocycles. The maximum atomic E-state index is 13.2. The topological polar surface area (TPSA) is 105 Å². The van der Waals surface area contributed by atoms with E-state index in [2.05, 4.69) is 10.3 Å². The lowest BCUT2D eigenvalue weighted by Gasteiger charge is -2.29. The minimum atomic E-state index is -4.43. The Morgan fingerprint density at radius 2 is 2.12 bits per heavy atom. The number of pyridine rings is 1. The molecule has 0 fully saturated rings. The number of rotatable bonds is 9. The standard InChI is InChI=1S/C23H27F3N6O2/c1-4-15(10-23(24,25)26)32(13-27)21(28)19-6-5-7-20(30-19)31-12-18-14(11-29-2)8-16(34-3)9-17(18)22(31)33/h5-9,13,15,27-29H,4,10-12H2,1-3H3. The van der Waals surface area contributed by atoms with Gasteiger partial charge in [-0.15, -0.1) is 0 Å². The zero-order valence-corrected chi connectivity index (χ0v) is 19.2. The number of hydrogen-bond acceptors (Lipinski definition) is 6. The molecule has 2 heterocycles. The lowest BCUT2D eigenvalue weighted by Crippen LogP contribution is -2.41. The molecule has 3 rings (SSSR count). The number of carbonyl (C=O) groups is 1. The quantitative estimate of drug-likeness (QED) is 0.376. The summed E-state index contributed by atoms with van der Waals surface area (Å²) in [5.74, 6) is 0.204. The van der Waals surface area contributed by atoms with Crippen LogP contribution in [0, 0.1) is 10.8 Å². The van der Waals surface area contributed by atoms with Gasteiger partial charge in [-0.05, 0) is 48.9 Å². The van der Waals surface area contributed by atoms with E-state index >= 15 is 0 Å². The van der Waals surface area contributed by atoms with Gasteiger partial charge in [0.2, 0.25) is 0 Å². The maximum Gasteiger partial charge on any atom is 0.391 e. The predicted octanol–water partition coefficient (Wildman–Crippen LogP) is 3.94.